The number of nitrogens with one attached hydrogen (secondary N) is 1. The van der Waals surface area contributed by atoms with Crippen LogP contribution in [0.1, 0.15) is 24.8 Å². The van der Waals surface area contributed by atoms with Gasteiger partial charge in [-0.15, -0.1) is 0 Å². The first-order chi connectivity index (χ1) is 9.33. The summed E-state index contributed by atoms with van der Waals surface area (Å²) >= 11 is 0. The molecule has 1 aromatic carbocycles. The summed E-state index contributed by atoms with van der Waals surface area (Å²) in [5, 5.41) is 7.72. The molecule has 3 rings (SSSR count). The van der Waals surface area contributed by atoms with Crippen LogP contribution in [-0.2, 0) is 6.42 Å². The van der Waals surface area contributed by atoms with Gasteiger partial charge in [-0.05, 0) is 49.9 Å². The maximum absolute atomic E-state index is 13.6. The Morgan fingerprint density at radius 1 is 1.32 bits per heavy atom. The fourth-order valence-electron chi connectivity index (χ4n) is 2.14. The molecule has 1 N–H and O–H groups in total. The number of para-hydroxylation sites is 1. The van der Waals surface area contributed by atoms with Crippen LogP contribution in [0.2, 0.25) is 0 Å². The van der Waals surface area contributed by atoms with Gasteiger partial charge in [0.15, 0.2) is 0 Å². The summed E-state index contributed by atoms with van der Waals surface area (Å²) < 4.78 is 15.2. The smallest absolute Gasteiger partial charge is 0.148 e. The molecule has 0 atom stereocenters. The maximum Gasteiger partial charge on any atom is 0.148 e. The summed E-state index contributed by atoms with van der Waals surface area (Å²) in [6, 6.07) is 7.46. The third-order valence-corrected chi connectivity index (χ3v) is 3.39. The third-order valence-electron chi connectivity index (χ3n) is 3.39. The number of hydrogen-bond acceptors (Lipinski definition) is 2. The van der Waals surface area contributed by atoms with Gasteiger partial charge in [-0.3, -0.25) is 0 Å². The monoisotopic (exact) mass is 259 g/mol. The third kappa shape index (κ3) is 3.20. The zero-order valence-electron chi connectivity index (χ0n) is 10.8. The second kappa shape index (κ2) is 5.53. The molecule has 0 saturated heterocycles. The molecule has 0 amide bonds. The van der Waals surface area contributed by atoms with Gasteiger partial charge in [0.2, 0.25) is 0 Å². The van der Waals surface area contributed by atoms with E-state index in [9.17, 15) is 4.39 Å². The number of aromatic nitrogens is 2. The Hall–Kier alpha value is -1.68. The Morgan fingerprint density at radius 3 is 2.95 bits per heavy atom. The van der Waals surface area contributed by atoms with Crippen LogP contribution < -0.4 is 5.32 Å². The number of nitrogens with zero attached hydrogens (tertiary/aromatic N) is 2. The Kier molecular flexibility index (Phi) is 3.60. The molecule has 0 spiro atoms. The molecule has 4 heteroatoms. The lowest BCUT2D eigenvalue weighted by atomic mass is 10.2. The zero-order valence-corrected chi connectivity index (χ0v) is 10.8. The molecule has 1 saturated carbocycles. The molecule has 0 aliphatic heterocycles. The van der Waals surface area contributed by atoms with Gasteiger partial charge in [0.1, 0.15) is 11.5 Å². The van der Waals surface area contributed by atoms with Crippen molar-refractivity contribution in [3.8, 4) is 5.69 Å². The van der Waals surface area contributed by atoms with Crippen LogP contribution in [0.3, 0.4) is 0 Å². The van der Waals surface area contributed by atoms with Crippen molar-refractivity contribution in [1.82, 2.24) is 15.1 Å². The minimum atomic E-state index is -0.243. The Labute approximate surface area is 112 Å². The molecule has 19 heavy (non-hydrogen) atoms. The number of halogens is 1. The molecule has 0 unspecified atom stereocenters. The SMILES string of the molecule is Fc1ccccc1-n1cc(CCCNC2CC2)cn1. The molecule has 1 fully saturated rings. The van der Waals surface area contributed by atoms with E-state index in [1.807, 2.05) is 18.5 Å². The van der Waals surface area contributed by atoms with E-state index >= 15 is 0 Å². The average Bonchev–Trinajstić information content (AvgIpc) is 3.13. The maximum atomic E-state index is 13.6. The van der Waals surface area contributed by atoms with E-state index in [0.29, 0.717) is 5.69 Å². The van der Waals surface area contributed by atoms with E-state index in [0.717, 1.165) is 31.0 Å². The molecule has 1 aliphatic rings. The van der Waals surface area contributed by atoms with Gasteiger partial charge in [-0.1, -0.05) is 12.1 Å². The van der Waals surface area contributed by atoms with Crippen molar-refractivity contribution in [2.75, 3.05) is 6.54 Å². The van der Waals surface area contributed by atoms with Gasteiger partial charge in [-0.25, -0.2) is 9.07 Å². The van der Waals surface area contributed by atoms with Gasteiger partial charge in [0.25, 0.3) is 0 Å². The van der Waals surface area contributed by atoms with Crippen LogP contribution in [0.4, 0.5) is 4.39 Å². The van der Waals surface area contributed by atoms with Crippen molar-refractivity contribution in [2.45, 2.75) is 31.7 Å². The van der Waals surface area contributed by atoms with Crippen LogP contribution in [0, 0.1) is 5.82 Å². The summed E-state index contributed by atoms with van der Waals surface area (Å²) in [5.74, 6) is -0.243. The van der Waals surface area contributed by atoms with Crippen molar-refractivity contribution in [2.24, 2.45) is 0 Å². The second-order valence-corrected chi connectivity index (χ2v) is 5.08. The summed E-state index contributed by atoms with van der Waals surface area (Å²) in [6.45, 7) is 1.05. The topological polar surface area (TPSA) is 29.9 Å². The van der Waals surface area contributed by atoms with Crippen molar-refractivity contribution < 1.29 is 4.39 Å². The van der Waals surface area contributed by atoms with E-state index in [1.165, 1.54) is 18.9 Å². The minimum Gasteiger partial charge on any atom is -0.314 e. The Bertz CT molecular complexity index is 546. The van der Waals surface area contributed by atoms with Gasteiger partial charge in [0.05, 0.1) is 6.20 Å². The van der Waals surface area contributed by atoms with Crippen LogP contribution in [-0.4, -0.2) is 22.4 Å². The number of hydrogen-bond donors (Lipinski definition) is 1. The highest BCUT2D eigenvalue weighted by atomic mass is 19.1. The van der Waals surface area contributed by atoms with Crippen molar-refractivity contribution in [1.29, 1.82) is 0 Å². The van der Waals surface area contributed by atoms with Crippen LogP contribution >= 0.6 is 0 Å². The summed E-state index contributed by atoms with van der Waals surface area (Å²) in [4.78, 5) is 0. The lowest BCUT2D eigenvalue weighted by molar-refractivity contribution is 0.610. The molecule has 1 aromatic heterocycles. The highest BCUT2D eigenvalue weighted by Gasteiger charge is 2.19. The quantitative estimate of drug-likeness (QED) is 0.808. The van der Waals surface area contributed by atoms with E-state index in [4.69, 9.17) is 0 Å². The summed E-state index contributed by atoms with van der Waals surface area (Å²) in [6.07, 6.45) is 8.46. The lowest BCUT2D eigenvalue weighted by Gasteiger charge is -2.02. The fraction of sp³-hybridized carbons (Fsp3) is 0.400. The predicted octanol–water partition coefficient (Wildman–Crippen LogP) is 2.70. The first-order valence-corrected chi connectivity index (χ1v) is 6.85. The average molecular weight is 259 g/mol. The van der Waals surface area contributed by atoms with Crippen molar-refractivity contribution in [3.05, 3.63) is 48.0 Å². The van der Waals surface area contributed by atoms with Gasteiger partial charge in [-0.2, -0.15) is 5.10 Å². The Morgan fingerprint density at radius 2 is 2.16 bits per heavy atom. The highest BCUT2D eigenvalue weighted by Crippen LogP contribution is 2.18. The first kappa shape index (κ1) is 12.4. The molecule has 2 aromatic rings. The van der Waals surface area contributed by atoms with Crippen LogP contribution in [0.15, 0.2) is 36.7 Å². The Balaban J connectivity index is 1.57. The molecule has 3 nitrogen and oxygen atoms in total. The fourth-order valence-corrected chi connectivity index (χ4v) is 2.14. The van der Waals surface area contributed by atoms with E-state index < -0.39 is 0 Å². The van der Waals surface area contributed by atoms with E-state index in [2.05, 4.69) is 10.4 Å². The lowest BCUT2D eigenvalue weighted by Crippen LogP contribution is -2.17. The summed E-state index contributed by atoms with van der Waals surface area (Å²) in [5.41, 5.74) is 1.66. The van der Waals surface area contributed by atoms with Crippen LogP contribution in [0.5, 0.6) is 0 Å². The van der Waals surface area contributed by atoms with Gasteiger partial charge in [0, 0.05) is 12.2 Å². The molecule has 100 valence electrons. The van der Waals surface area contributed by atoms with E-state index in [-0.39, 0.29) is 5.82 Å². The number of aryl methyl sites for hydroxylation is 1. The van der Waals surface area contributed by atoms with Gasteiger partial charge < -0.3 is 5.32 Å². The largest absolute Gasteiger partial charge is 0.314 e. The predicted molar refractivity (Wildman–Crippen MR) is 72.9 cm³/mol. The number of rotatable bonds is 6. The molecule has 0 bridgehead atoms. The molecule has 0 radical (unpaired) electrons. The van der Waals surface area contributed by atoms with Gasteiger partial charge >= 0.3 is 0 Å². The molecule has 1 aliphatic carbocycles. The molecular formula is C15H18FN3. The molecule has 1 heterocycles. The zero-order chi connectivity index (χ0) is 13.1. The highest BCUT2D eigenvalue weighted by molar-refractivity contribution is 5.32. The van der Waals surface area contributed by atoms with Crippen molar-refractivity contribution >= 4 is 0 Å². The van der Waals surface area contributed by atoms with Crippen molar-refractivity contribution in [3.63, 3.8) is 0 Å². The first-order valence-electron chi connectivity index (χ1n) is 6.85. The standard InChI is InChI=1S/C15H18FN3/c16-14-5-1-2-6-15(14)19-11-12(10-18-19)4-3-9-17-13-7-8-13/h1-2,5-6,10-11,13,17H,3-4,7-9H2. The van der Waals surface area contributed by atoms with E-state index in [1.54, 1.807) is 16.8 Å². The minimum absolute atomic E-state index is 0.243. The normalized spacial score (nSPS) is 14.8. The second-order valence-electron chi connectivity index (χ2n) is 5.08. The van der Waals surface area contributed by atoms with Crippen LogP contribution in [0.25, 0.3) is 5.69 Å². The molecular weight excluding hydrogens is 241 g/mol. The summed E-state index contributed by atoms with van der Waals surface area (Å²) in [7, 11) is 0. The number of benzene rings is 1.